The third kappa shape index (κ3) is 5.60. The van der Waals surface area contributed by atoms with Crippen molar-refractivity contribution in [2.75, 3.05) is 6.54 Å². The quantitative estimate of drug-likeness (QED) is 0.422. The number of benzene rings is 2. The minimum atomic E-state index is -4.20. The van der Waals surface area contributed by atoms with Gasteiger partial charge in [0.05, 0.1) is 6.42 Å². The van der Waals surface area contributed by atoms with Gasteiger partial charge >= 0.3 is 16.1 Å². The van der Waals surface area contributed by atoms with Crippen LogP contribution in [0.1, 0.15) is 71.3 Å². The van der Waals surface area contributed by atoms with Gasteiger partial charge < -0.3 is 14.2 Å². The average molecular weight is 578 g/mol. The number of para-hydroxylation sites is 1. The van der Waals surface area contributed by atoms with Crippen molar-refractivity contribution >= 4 is 27.7 Å². The van der Waals surface area contributed by atoms with Crippen molar-refractivity contribution in [3.8, 4) is 5.75 Å². The van der Waals surface area contributed by atoms with Crippen molar-refractivity contribution < 1.29 is 32.1 Å². The van der Waals surface area contributed by atoms with Crippen molar-refractivity contribution in [1.29, 1.82) is 0 Å². The van der Waals surface area contributed by atoms with Gasteiger partial charge in [0, 0.05) is 53.4 Å². The maximum atomic E-state index is 13.9. The smallest absolute Gasteiger partial charge is 0.339 e. The molecule has 2 aliphatic carbocycles. The summed E-state index contributed by atoms with van der Waals surface area (Å²) in [7, 11) is -4.20. The lowest BCUT2D eigenvalue weighted by atomic mass is 9.63. The van der Waals surface area contributed by atoms with E-state index in [0.717, 1.165) is 0 Å². The van der Waals surface area contributed by atoms with Gasteiger partial charge in [0.2, 0.25) is 0 Å². The van der Waals surface area contributed by atoms with Crippen LogP contribution in [0.25, 0.3) is 0 Å². The number of carbonyl (C=O) groups excluding carboxylic acids is 2. The fourth-order valence-corrected chi connectivity index (χ4v) is 7.36. The van der Waals surface area contributed by atoms with Gasteiger partial charge in [0.15, 0.2) is 11.6 Å². The lowest BCUT2D eigenvalue weighted by Crippen LogP contribution is -2.45. The molecule has 0 aromatic heterocycles. The third-order valence-electron chi connectivity index (χ3n) is 8.03. The van der Waals surface area contributed by atoms with E-state index in [2.05, 4.69) is 0 Å². The van der Waals surface area contributed by atoms with E-state index in [-0.39, 0.29) is 58.8 Å². The van der Waals surface area contributed by atoms with E-state index in [1.807, 2.05) is 32.6 Å². The molecule has 9 heteroatoms. The average Bonchev–Trinajstić information content (AvgIpc) is 2.86. The SMILES string of the molecule is CC1(C)CC(=O)C2=C(C1)N(CCC(=O)O)C1=C(C(=O)CC(C)(C)C1)C2c1ccccc1OS(=O)(=O)c1ccccc1. The molecule has 1 N–H and O–H groups in total. The molecule has 0 saturated heterocycles. The van der Waals surface area contributed by atoms with Crippen LogP contribution in [0, 0.1) is 10.8 Å². The largest absolute Gasteiger partial charge is 0.481 e. The molecule has 8 nitrogen and oxygen atoms in total. The fourth-order valence-electron chi connectivity index (χ4n) is 6.38. The lowest BCUT2D eigenvalue weighted by molar-refractivity contribution is -0.137. The predicted molar refractivity (Wildman–Crippen MR) is 152 cm³/mol. The van der Waals surface area contributed by atoms with Gasteiger partial charge in [-0.1, -0.05) is 64.1 Å². The number of carboxylic acids is 1. The molecule has 0 amide bonds. The number of carboxylic acid groups (broad SMARTS) is 1. The summed E-state index contributed by atoms with van der Waals surface area (Å²) in [4.78, 5) is 41.4. The highest BCUT2D eigenvalue weighted by atomic mass is 32.2. The number of aliphatic carboxylic acids is 1. The number of allylic oxidation sites excluding steroid dienone is 4. The summed E-state index contributed by atoms with van der Waals surface area (Å²) < 4.78 is 32.2. The van der Waals surface area contributed by atoms with Crippen LogP contribution in [-0.4, -0.2) is 42.5 Å². The monoisotopic (exact) mass is 577 g/mol. The summed E-state index contributed by atoms with van der Waals surface area (Å²) in [6.45, 7) is 8.14. The number of rotatable bonds is 7. The first kappa shape index (κ1) is 28.8. The Hall–Kier alpha value is -3.72. The van der Waals surface area contributed by atoms with Crippen molar-refractivity contribution in [2.24, 2.45) is 10.8 Å². The Kier molecular flexibility index (Phi) is 7.22. The van der Waals surface area contributed by atoms with Crippen molar-refractivity contribution in [3.63, 3.8) is 0 Å². The Morgan fingerprint density at radius 2 is 1.37 bits per heavy atom. The molecule has 1 heterocycles. The van der Waals surface area contributed by atoms with Crippen molar-refractivity contribution in [3.05, 3.63) is 82.7 Å². The van der Waals surface area contributed by atoms with E-state index in [1.54, 1.807) is 42.5 Å². The van der Waals surface area contributed by atoms with E-state index in [0.29, 0.717) is 40.9 Å². The molecule has 0 spiro atoms. The van der Waals surface area contributed by atoms with Crippen molar-refractivity contribution in [2.45, 2.75) is 70.6 Å². The van der Waals surface area contributed by atoms with Gasteiger partial charge in [0.25, 0.3) is 0 Å². The molecule has 2 aromatic rings. The molecule has 0 unspecified atom stereocenters. The Morgan fingerprint density at radius 1 is 0.854 bits per heavy atom. The zero-order valence-electron chi connectivity index (χ0n) is 23.8. The van der Waals surface area contributed by atoms with E-state index >= 15 is 0 Å². The van der Waals surface area contributed by atoms with E-state index in [9.17, 15) is 27.9 Å². The normalized spacial score (nSPS) is 20.5. The van der Waals surface area contributed by atoms with Crippen LogP contribution in [-0.2, 0) is 24.5 Å². The molecule has 216 valence electrons. The van der Waals surface area contributed by atoms with Gasteiger partial charge in [-0.3, -0.25) is 14.4 Å². The molecular weight excluding hydrogens is 542 g/mol. The second-order valence-corrected chi connectivity index (χ2v) is 14.3. The molecular formula is C32H35NO7S. The lowest BCUT2D eigenvalue weighted by Gasteiger charge is -2.49. The summed E-state index contributed by atoms with van der Waals surface area (Å²) in [5.74, 6) is -2.01. The second kappa shape index (κ2) is 10.3. The summed E-state index contributed by atoms with van der Waals surface area (Å²) in [6, 6.07) is 14.5. The standard InChI is InChI=1S/C32H35NO7S/c1-31(2)16-22-29(24(34)18-31)28(30-23(33(22)15-14-27(36)37)17-32(3,4)19-25(30)35)21-12-8-9-13-26(21)40-41(38,39)20-10-6-5-7-11-20/h5-13,28H,14-19H2,1-4H3,(H,36,37). The highest BCUT2D eigenvalue weighted by Crippen LogP contribution is 2.55. The first-order valence-corrected chi connectivity index (χ1v) is 15.2. The van der Waals surface area contributed by atoms with Gasteiger partial charge in [-0.2, -0.15) is 8.42 Å². The first-order valence-electron chi connectivity index (χ1n) is 13.8. The highest BCUT2D eigenvalue weighted by Gasteiger charge is 2.49. The highest BCUT2D eigenvalue weighted by molar-refractivity contribution is 7.87. The minimum Gasteiger partial charge on any atom is -0.481 e. The predicted octanol–water partition coefficient (Wildman–Crippen LogP) is 5.61. The second-order valence-electron chi connectivity index (χ2n) is 12.7. The number of hydrogen-bond donors (Lipinski definition) is 1. The van der Waals surface area contributed by atoms with Gasteiger partial charge in [-0.15, -0.1) is 0 Å². The molecule has 3 aliphatic rings. The number of ketones is 2. The van der Waals surface area contributed by atoms with Crippen LogP contribution in [0.2, 0.25) is 0 Å². The van der Waals surface area contributed by atoms with Crippen LogP contribution >= 0.6 is 0 Å². The molecule has 5 rings (SSSR count). The van der Waals surface area contributed by atoms with E-state index in [4.69, 9.17) is 4.18 Å². The third-order valence-corrected chi connectivity index (χ3v) is 9.28. The number of Topliss-reactive ketones (excluding diaryl/α,β-unsaturated/α-hetero) is 2. The Balaban J connectivity index is 1.73. The first-order chi connectivity index (χ1) is 19.2. The zero-order valence-corrected chi connectivity index (χ0v) is 24.6. The van der Waals surface area contributed by atoms with E-state index < -0.39 is 22.0 Å². The molecule has 0 bridgehead atoms. The molecule has 1 aliphatic heterocycles. The molecule has 2 aromatic carbocycles. The van der Waals surface area contributed by atoms with Crippen LogP contribution in [0.4, 0.5) is 0 Å². The van der Waals surface area contributed by atoms with Crippen LogP contribution in [0.3, 0.4) is 0 Å². The van der Waals surface area contributed by atoms with E-state index in [1.165, 1.54) is 12.1 Å². The van der Waals surface area contributed by atoms with Gasteiger partial charge in [-0.25, -0.2) is 0 Å². The Labute approximate surface area is 240 Å². The molecule has 41 heavy (non-hydrogen) atoms. The summed E-state index contributed by atoms with van der Waals surface area (Å²) in [5, 5.41) is 9.55. The molecule has 0 saturated carbocycles. The molecule has 0 atom stereocenters. The Morgan fingerprint density at radius 3 is 1.90 bits per heavy atom. The van der Waals surface area contributed by atoms with Gasteiger partial charge in [0.1, 0.15) is 10.6 Å². The van der Waals surface area contributed by atoms with Crippen molar-refractivity contribution in [1.82, 2.24) is 4.90 Å². The maximum absolute atomic E-state index is 13.9. The summed E-state index contributed by atoms with van der Waals surface area (Å²) >= 11 is 0. The Bertz CT molecular complexity index is 1550. The molecule has 0 fully saturated rings. The van der Waals surface area contributed by atoms with Gasteiger partial charge in [-0.05, 0) is 41.9 Å². The molecule has 0 radical (unpaired) electrons. The number of carbonyl (C=O) groups is 3. The summed E-state index contributed by atoms with van der Waals surface area (Å²) in [6.07, 6.45) is 1.38. The van der Waals surface area contributed by atoms with Crippen LogP contribution in [0.5, 0.6) is 5.75 Å². The maximum Gasteiger partial charge on any atom is 0.339 e. The zero-order chi connectivity index (χ0) is 29.7. The fraction of sp³-hybridized carbons (Fsp3) is 0.406. The topological polar surface area (TPSA) is 118 Å². The number of hydrogen-bond acceptors (Lipinski definition) is 7. The number of nitrogens with zero attached hydrogens (tertiary/aromatic N) is 1. The van der Waals surface area contributed by atoms with Crippen LogP contribution < -0.4 is 4.18 Å². The minimum absolute atomic E-state index is 0.0101. The van der Waals surface area contributed by atoms with Crippen LogP contribution in [0.15, 0.2) is 82.0 Å². The summed E-state index contributed by atoms with van der Waals surface area (Å²) in [5.41, 5.74) is 1.95.